The van der Waals surface area contributed by atoms with Crippen molar-refractivity contribution in [2.75, 3.05) is 19.3 Å². The second-order valence-electron chi connectivity index (χ2n) is 7.03. The molecule has 0 saturated heterocycles. The number of hydrogen-bond acceptors (Lipinski definition) is 6. The average Bonchev–Trinajstić information content (AvgIpc) is 3.15. The summed E-state index contributed by atoms with van der Waals surface area (Å²) in [5.41, 5.74) is 6.55. The van der Waals surface area contributed by atoms with E-state index in [0.29, 0.717) is 30.5 Å². The highest BCUT2D eigenvalue weighted by Crippen LogP contribution is 2.35. The molecule has 0 aliphatic heterocycles. The molecule has 33 heavy (non-hydrogen) atoms. The first-order chi connectivity index (χ1) is 15.8. The highest BCUT2D eigenvalue weighted by atomic mass is 19.2. The Morgan fingerprint density at radius 3 is 2.39 bits per heavy atom. The van der Waals surface area contributed by atoms with Crippen LogP contribution in [0.25, 0.3) is 22.3 Å². The molecule has 3 N–H and O–H groups in total. The van der Waals surface area contributed by atoms with Gasteiger partial charge in [-0.2, -0.15) is 13.9 Å². The molecular weight excluding hydrogens is 447 g/mol. The molecule has 12 heteroatoms. The zero-order chi connectivity index (χ0) is 23.7. The molecule has 0 aliphatic carbocycles. The van der Waals surface area contributed by atoms with E-state index in [4.69, 9.17) is 10.5 Å². The third-order valence-corrected chi connectivity index (χ3v) is 4.84. The molecule has 0 fully saturated rings. The van der Waals surface area contributed by atoms with Crippen LogP contribution >= 0.6 is 0 Å². The van der Waals surface area contributed by atoms with E-state index in [0.717, 1.165) is 6.07 Å². The molecule has 2 aromatic carbocycles. The molecule has 0 unspecified atom stereocenters. The van der Waals surface area contributed by atoms with E-state index >= 15 is 4.39 Å². The van der Waals surface area contributed by atoms with E-state index in [-0.39, 0.29) is 28.9 Å². The maximum absolute atomic E-state index is 15.0. The van der Waals surface area contributed by atoms with Gasteiger partial charge in [-0.05, 0) is 32.1 Å². The number of nitrogens with one attached hydrogen (secondary N) is 1. The molecule has 0 radical (unpaired) electrons. The molecule has 2 aromatic heterocycles. The molecule has 2 heterocycles. The Bertz CT molecular complexity index is 1320. The lowest BCUT2D eigenvalue weighted by molar-refractivity contribution is 0.365. The fourth-order valence-corrected chi connectivity index (χ4v) is 3.29. The number of anilines is 1. The largest absolute Gasteiger partial charge is 0.451 e. The van der Waals surface area contributed by atoms with Crippen LogP contribution in [0.5, 0.6) is 11.5 Å². The normalized spacial score (nSPS) is 11.3. The topological polar surface area (TPSA) is 90.9 Å². The van der Waals surface area contributed by atoms with Gasteiger partial charge in [0.25, 0.3) is 0 Å². The number of halogens is 5. The smallest absolute Gasteiger partial charge is 0.204 e. The summed E-state index contributed by atoms with van der Waals surface area (Å²) in [7, 11) is 1.81. The van der Waals surface area contributed by atoms with E-state index in [9.17, 15) is 17.6 Å². The average molecular weight is 464 g/mol. The molecule has 172 valence electrons. The molecular formula is C21H17F5N6O. The number of nitrogens with zero attached hydrogens (tertiary/aromatic N) is 4. The van der Waals surface area contributed by atoms with Crippen LogP contribution in [0.15, 0.2) is 30.6 Å². The van der Waals surface area contributed by atoms with E-state index in [1.54, 1.807) is 4.68 Å². The first kappa shape index (κ1) is 22.4. The molecule has 4 rings (SSSR count). The molecule has 0 spiro atoms. The van der Waals surface area contributed by atoms with Crippen molar-refractivity contribution in [1.29, 1.82) is 0 Å². The number of aryl methyl sites for hydroxylation is 1. The highest BCUT2D eigenvalue weighted by Gasteiger charge is 2.23. The summed E-state index contributed by atoms with van der Waals surface area (Å²) in [5, 5.41) is 7.77. The molecule has 0 atom stereocenters. The Labute approximate surface area is 184 Å². The van der Waals surface area contributed by atoms with Crippen molar-refractivity contribution in [3.8, 4) is 22.8 Å². The summed E-state index contributed by atoms with van der Waals surface area (Å²) >= 11 is 0. The van der Waals surface area contributed by atoms with Gasteiger partial charge < -0.3 is 15.8 Å². The predicted molar refractivity (Wildman–Crippen MR) is 110 cm³/mol. The number of aromatic nitrogens is 4. The quantitative estimate of drug-likeness (QED) is 0.242. The number of nitrogens with two attached hydrogens (primary N) is 1. The number of hydrogen-bond donors (Lipinski definition) is 2. The third kappa shape index (κ3) is 4.16. The lowest BCUT2D eigenvalue weighted by Crippen LogP contribution is -2.12. The number of fused-ring (bicyclic) bond motifs is 1. The summed E-state index contributed by atoms with van der Waals surface area (Å²) in [6.07, 6.45) is 1.99. The van der Waals surface area contributed by atoms with Crippen LogP contribution in [0.1, 0.15) is 6.42 Å². The first-order valence-corrected chi connectivity index (χ1v) is 9.74. The Morgan fingerprint density at radius 1 is 1.00 bits per heavy atom. The van der Waals surface area contributed by atoms with Crippen LogP contribution < -0.4 is 15.8 Å². The predicted octanol–water partition coefficient (Wildman–Crippen LogP) is 4.17. The number of rotatable bonds is 7. The van der Waals surface area contributed by atoms with Gasteiger partial charge >= 0.3 is 0 Å². The Hall–Kier alpha value is -3.80. The van der Waals surface area contributed by atoms with Gasteiger partial charge in [0, 0.05) is 24.2 Å². The van der Waals surface area contributed by atoms with Crippen molar-refractivity contribution < 1.29 is 26.7 Å². The van der Waals surface area contributed by atoms with E-state index in [2.05, 4.69) is 20.4 Å². The first-order valence-electron chi connectivity index (χ1n) is 9.74. The lowest BCUT2D eigenvalue weighted by atomic mass is 10.1. The number of benzene rings is 2. The summed E-state index contributed by atoms with van der Waals surface area (Å²) in [4.78, 5) is 8.13. The fraction of sp³-hybridized carbons (Fsp3) is 0.190. The van der Waals surface area contributed by atoms with Crippen LogP contribution in [0.2, 0.25) is 0 Å². The molecule has 0 amide bonds. The molecule has 0 bridgehead atoms. The van der Waals surface area contributed by atoms with Crippen molar-refractivity contribution in [3.63, 3.8) is 0 Å². The Balaban J connectivity index is 1.74. The zero-order valence-electron chi connectivity index (χ0n) is 17.2. The van der Waals surface area contributed by atoms with Gasteiger partial charge in [-0.25, -0.2) is 27.8 Å². The van der Waals surface area contributed by atoms with Crippen molar-refractivity contribution in [1.82, 2.24) is 25.1 Å². The Morgan fingerprint density at radius 2 is 1.73 bits per heavy atom. The van der Waals surface area contributed by atoms with Crippen LogP contribution in [-0.2, 0) is 6.54 Å². The van der Waals surface area contributed by atoms with Gasteiger partial charge in [-0.15, -0.1) is 0 Å². The van der Waals surface area contributed by atoms with Gasteiger partial charge in [0.1, 0.15) is 29.4 Å². The van der Waals surface area contributed by atoms with E-state index in [1.165, 1.54) is 18.5 Å². The minimum absolute atomic E-state index is 0.00687. The fourth-order valence-electron chi connectivity index (χ4n) is 3.29. The van der Waals surface area contributed by atoms with Gasteiger partial charge in [-0.3, -0.25) is 0 Å². The summed E-state index contributed by atoms with van der Waals surface area (Å²) in [6, 6.07) is 3.27. The van der Waals surface area contributed by atoms with Crippen molar-refractivity contribution >= 4 is 16.9 Å². The second kappa shape index (κ2) is 8.98. The van der Waals surface area contributed by atoms with Gasteiger partial charge in [0.15, 0.2) is 17.3 Å². The Kier molecular flexibility index (Phi) is 6.09. The monoisotopic (exact) mass is 464 g/mol. The molecule has 4 aromatic rings. The summed E-state index contributed by atoms with van der Waals surface area (Å²) in [5.74, 6) is -9.27. The third-order valence-electron chi connectivity index (χ3n) is 4.84. The SMILES string of the molecule is CNCCCn1nc(-c2ccc(Oc3c(F)c(F)cc(F)c3F)cc2F)c2c(N)ncnc21. The second-order valence-corrected chi connectivity index (χ2v) is 7.03. The number of ether oxygens (including phenoxy) is 1. The van der Waals surface area contributed by atoms with Crippen LogP contribution in [0.3, 0.4) is 0 Å². The summed E-state index contributed by atoms with van der Waals surface area (Å²) < 4.78 is 76.1. The zero-order valence-corrected chi connectivity index (χ0v) is 17.2. The van der Waals surface area contributed by atoms with Crippen LogP contribution in [-0.4, -0.2) is 33.3 Å². The van der Waals surface area contributed by atoms with Crippen molar-refractivity contribution in [2.45, 2.75) is 13.0 Å². The highest BCUT2D eigenvalue weighted by molar-refractivity contribution is 5.98. The maximum Gasteiger partial charge on any atom is 0.204 e. The van der Waals surface area contributed by atoms with Crippen LogP contribution in [0.4, 0.5) is 27.8 Å². The van der Waals surface area contributed by atoms with E-state index < -0.39 is 34.8 Å². The molecule has 0 saturated carbocycles. The standard InChI is InChI=1S/C21H17F5N6O/c1-28-5-2-6-32-21-15(20(27)29-9-30-21)18(31-32)11-4-3-10(7-12(11)22)33-19-16(25)13(23)8-14(24)17(19)26/h3-4,7-9,28H,2,5-6H2,1H3,(H2,27,29,30). The van der Waals surface area contributed by atoms with Gasteiger partial charge in [-0.1, -0.05) is 0 Å². The van der Waals surface area contributed by atoms with E-state index in [1.807, 2.05) is 7.05 Å². The van der Waals surface area contributed by atoms with Crippen molar-refractivity contribution in [3.05, 3.63) is 59.7 Å². The number of nitrogen functional groups attached to an aromatic ring is 1. The summed E-state index contributed by atoms with van der Waals surface area (Å²) in [6.45, 7) is 1.19. The van der Waals surface area contributed by atoms with Crippen LogP contribution in [0, 0.1) is 29.1 Å². The van der Waals surface area contributed by atoms with Gasteiger partial charge in [0.05, 0.1) is 5.39 Å². The lowest BCUT2D eigenvalue weighted by Gasteiger charge is -2.10. The molecule has 0 aliphatic rings. The molecule has 7 nitrogen and oxygen atoms in total. The van der Waals surface area contributed by atoms with Gasteiger partial charge in [0.2, 0.25) is 17.4 Å². The maximum atomic E-state index is 15.0. The minimum atomic E-state index is -1.74. The minimum Gasteiger partial charge on any atom is -0.451 e. The van der Waals surface area contributed by atoms with Crippen molar-refractivity contribution in [2.24, 2.45) is 0 Å².